The van der Waals surface area contributed by atoms with Crippen molar-refractivity contribution in [1.29, 1.82) is 0 Å². The van der Waals surface area contributed by atoms with Crippen molar-refractivity contribution >= 4 is 22.6 Å². The van der Waals surface area contributed by atoms with Crippen molar-refractivity contribution in [1.82, 2.24) is 9.55 Å². The molecule has 1 heterocycles. The van der Waals surface area contributed by atoms with Crippen LogP contribution >= 0.6 is 11.6 Å². The number of halogens is 7. The van der Waals surface area contributed by atoms with E-state index in [1.54, 1.807) is 28.8 Å². The molecule has 0 atom stereocenters. The Kier molecular flexibility index (Phi) is 5.32. The summed E-state index contributed by atoms with van der Waals surface area (Å²) in [4.78, 5) is 4.24. The number of nitrogens with zero attached hydrogens (tertiary/aromatic N) is 2. The van der Waals surface area contributed by atoms with Crippen LogP contribution in [0.3, 0.4) is 0 Å². The van der Waals surface area contributed by atoms with Crippen molar-refractivity contribution in [3.05, 3.63) is 77.1 Å². The predicted octanol–water partition coefficient (Wildman–Crippen LogP) is 7.39. The number of alkyl halides is 6. The van der Waals surface area contributed by atoms with E-state index in [0.29, 0.717) is 39.6 Å². The second-order valence-corrected chi connectivity index (χ2v) is 7.34. The van der Waals surface area contributed by atoms with E-state index >= 15 is 0 Å². The fraction of sp³-hybridized carbons (Fsp3) is 0.136. The van der Waals surface area contributed by atoms with E-state index in [2.05, 4.69) is 4.98 Å². The van der Waals surface area contributed by atoms with Crippen molar-refractivity contribution < 1.29 is 31.1 Å². The Balaban J connectivity index is 1.81. The van der Waals surface area contributed by atoms with Crippen LogP contribution in [-0.2, 0) is 12.4 Å². The van der Waals surface area contributed by atoms with Crippen molar-refractivity contribution in [3.8, 4) is 22.6 Å². The first-order chi connectivity index (χ1) is 15.0. The minimum Gasteiger partial charge on any atom is -0.495 e. The van der Waals surface area contributed by atoms with E-state index in [0.717, 1.165) is 0 Å². The highest BCUT2D eigenvalue weighted by Crippen LogP contribution is 2.39. The van der Waals surface area contributed by atoms with Crippen LogP contribution in [0.5, 0.6) is 5.75 Å². The molecule has 0 fully saturated rings. The Morgan fingerprint density at radius 3 is 2.03 bits per heavy atom. The third kappa shape index (κ3) is 4.12. The molecule has 0 saturated carbocycles. The number of hydrogen-bond acceptors (Lipinski definition) is 2. The smallest absolute Gasteiger partial charge is 0.416 e. The molecule has 0 saturated heterocycles. The molecule has 4 aromatic rings. The third-order valence-corrected chi connectivity index (χ3v) is 5.18. The van der Waals surface area contributed by atoms with Gasteiger partial charge in [0.2, 0.25) is 0 Å². The topological polar surface area (TPSA) is 27.1 Å². The monoisotopic (exact) mass is 470 g/mol. The fourth-order valence-electron chi connectivity index (χ4n) is 3.32. The van der Waals surface area contributed by atoms with Crippen molar-refractivity contribution in [3.63, 3.8) is 0 Å². The zero-order valence-corrected chi connectivity index (χ0v) is 17.0. The maximum Gasteiger partial charge on any atom is 0.416 e. The summed E-state index contributed by atoms with van der Waals surface area (Å²) >= 11 is 6.16. The molecule has 1 aromatic heterocycles. The molecule has 3 nitrogen and oxygen atoms in total. The molecule has 0 unspecified atom stereocenters. The standard InChI is InChI=1S/C22H13ClF6N2O/c1-32-20-5-3-16(10-17(20)23)31-11-30-18-8-12(2-4-19(18)31)13-6-14(21(24,25)26)9-15(7-13)22(27,28)29/h2-11H,1H3. The molecule has 0 N–H and O–H groups in total. The van der Waals surface area contributed by atoms with Gasteiger partial charge in [0.1, 0.15) is 12.1 Å². The fourth-order valence-corrected chi connectivity index (χ4v) is 3.58. The van der Waals surface area contributed by atoms with Crippen LogP contribution in [0.15, 0.2) is 60.9 Å². The van der Waals surface area contributed by atoms with E-state index in [-0.39, 0.29) is 17.2 Å². The van der Waals surface area contributed by atoms with Gasteiger partial charge in [-0.15, -0.1) is 0 Å². The van der Waals surface area contributed by atoms with Gasteiger partial charge in [0, 0.05) is 5.69 Å². The average molecular weight is 471 g/mol. The lowest BCUT2D eigenvalue weighted by Gasteiger charge is -2.14. The van der Waals surface area contributed by atoms with Crippen LogP contribution in [0.2, 0.25) is 5.02 Å². The molecule has 0 aliphatic carbocycles. The van der Waals surface area contributed by atoms with Gasteiger partial charge in [0.15, 0.2) is 0 Å². The van der Waals surface area contributed by atoms with Crippen LogP contribution in [-0.4, -0.2) is 16.7 Å². The molecule has 0 bridgehead atoms. The Bertz CT molecular complexity index is 1280. The van der Waals surface area contributed by atoms with Crippen molar-refractivity contribution in [2.45, 2.75) is 12.4 Å². The summed E-state index contributed by atoms with van der Waals surface area (Å²) in [6, 6.07) is 11.0. The summed E-state index contributed by atoms with van der Waals surface area (Å²) in [7, 11) is 1.48. The summed E-state index contributed by atoms with van der Waals surface area (Å²) in [5.74, 6) is 0.479. The molecular weight excluding hydrogens is 458 g/mol. The van der Waals surface area contributed by atoms with Gasteiger partial charge < -0.3 is 4.74 Å². The molecule has 0 spiro atoms. The molecule has 3 aromatic carbocycles. The van der Waals surface area contributed by atoms with Gasteiger partial charge in [0.25, 0.3) is 0 Å². The SMILES string of the molecule is COc1ccc(-n2cnc3cc(-c4cc(C(F)(F)F)cc(C(F)(F)F)c4)ccc32)cc1Cl. The van der Waals surface area contributed by atoms with Gasteiger partial charge in [-0.1, -0.05) is 17.7 Å². The summed E-state index contributed by atoms with van der Waals surface area (Å²) < 4.78 is 85.9. The van der Waals surface area contributed by atoms with Crippen LogP contribution in [0.4, 0.5) is 26.3 Å². The number of aromatic nitrogens is 2. The molecule has 0 aliphatic heterocycles. The molecule has 4 rings (SSSR count). The maximum absolute atomic E-state index is 13.2. The first kappa shape index (κ1) is 22.0. The number of benzene rings is 3. The van der Waals surface area contributed by atoms with Gasteiger partial charge in [-0.25, -0.2) is 4.98 Å². The number of methoxy groups -OCH3 is 1. The Hall–Kier alpha value is -3.20. The summed E-state index contributed by atoms with van der Waals surface area (Å²) in [6.45, 7) is 0. The lowest BCUT2D eigenvalue weighted by Crippen LogP contribution is -2.11. The normalized spacial score (nSPS) is 12.4. The van der Waals surface area contributed by atoms with E-state index in [1.165, 1.54) is 25.6 Å². The van der Waals surface area contributed by atoms with Gasteiger partial charge in [0.05, 0.1) is 34.3 Å². The van der Waals surface area contributed by atoms with Gasteiger partial charge in [-0.3, -0.25) is 4.57 Å². The molecule has 10 heteroatoms. The van der Waals surface area contributed by atoms with Crippen molar-refractivity contribution in [2.24, 2.45) is 0 Å². The van der Waals surface area contributed by atoms with Crippen molar-refractivity contribution in [2.75, 3.05) is 7.11 Å². The Labute approximate surface area is 182 Å². The molecule has 32 heavy (non-hydrogen) atoms. The molecule has 0 aliphatic rings. The number of fused-ring (bicyclic) bond motifs is 1. The predicted molar refractivity (Wildman–Crippen MR) is 108 cm³/mol. The number of hydrogen-bond donors (Lipinski definition) is 0. The lowest BCUT2D eigenvalue weighted by molar-refractivity contribution is -0.143. The number of ether oxygens (including phenoxy) is 1. The van der Waals surface area contributed by atoms with Gasteiger partial charge in [-0.05, 0) is 59.7 Å². The molecule has 0 amide bonds. The number of imidazole rings is 1. The number of rotatable bonds is 3. The molecular formula is C22H13ClF6N2O. The molecule has 166 valence electrons. The lowest BCUT2D eigenvalue weighted by atomic mass is 9.98. The van der Waals surface area contributed by atoms with Gasteiger partial charge in [-0.2, -0.15) is 26.3 Å². The van der Waals surface area contributed by atoms with E-state index in [1.807, 2.05) is 0 Å². The van der Waals surface area contributed by atoms with Crippen LogP contribution in [0.1, 0.15) is 11.1 Å². The first-order valence-electron chi connectivity index (χ1n) is 9.08. The summed E-state index contributed by atoms with van der Waals surface area (Å²) in [5.41, 5.74) is -1.15. The molecule has 0 radical (unpaired) electrons. The van der Waals surface area contributed by atoms with Crippen LogP contribution in [0, 0.1) is 0 Å². The quantitative estimate of drug-likeness (QED) is 0.292. The highest BCUT2D eigenvalue weighted by atomic mass is 35.5. The average Bonchev–Trinajstić information content (AvgIpc) is 3.15. The van der Waals surface area contributed by atoms with E-state index in [9.17, 15) is 26.3 Å². The minimum atomic E-state index is -4.92. The zero-order chi connectivity index (χ0) is 23.3. The highest BCUT2D eigenvalue weighted by molar-refractivity contribution is 6.32. The Morgan fingerprint density at radius 2 is 1.47 bits per heavy atom. The maximum atomic E-state index is 13.2. The highest BCUT2D eigenvalue weighted by Gasteiger charge is 2.37. The summed E-state index contributed by atoms with van der Waals surface area (Å²) in [6.07, 6.45) is -8.36. The largest absolute Gasteiger partial charge is 0.495 e. The van der Waals surface area contributed by atoms with Crippen LogP contribution < -0.4 is 4.74 Å². The Morgan fingerprint density at radius 1 is 0.812 bits per heavy atom. The second-order valence-electron chi connectivity index (χ2n) is 6.93. The first-order valence-corrected chi connectivity index (χ1v) is 9.46. The van der Waals surface area contributed by atoms with E-state index < -0.39 is 23.5 Å². The van der Waals surface area contributed by atoms with E-state index in [4.69, 9.17) is 16.3 Å². The summed E-state index contributed by atoms with van der Waals surface area (Å²) in [5, 5.41) is 0.368. The minimum absolute atomic E-state index is 0.101. The van der Waals surface area contributed by atoms with Crippen LogP contribution in [0.25, 0.3) is 27.8 Å². The third-order valence-electron chi connectivity index (χ3n) is 4.88. The van der Waals surface area contributed by atoms with Gasteiger partial charge >= 0.3 is 12.4 Å². The second kappa shape index (κ2) is 7.74. The zero-order valence-electron chi connectivity index (χ0n) is 16.2.